The Hall–Kier alpha value is -1.60. The van der Waals surface area contributed by atoms with Gasteiger partial charge in [-0.25, -0.2) is 4.90 Å². The normalized spacial score (nSPS) is 16.8. The summed E-state index contributed by atoms with van der Waals surface area (Å²) in [5.74, 6) is -0.268. The van der Waals surface area contributed by atoms with Crippen molar-refractivity contribution in [2.45, 2.75) is 0 Å². The number of hydrogen-bond acceptors (Lipinski definition) is 3. The molecule has 0 N–H and O–H groups in total. The van der Waals surface area contributed by atoms with E-state index in [9.17, 15) is 9.59 Å². The predicted octanol–water partition coefficient (Wildman–Crippen LogP) is 4.53. The van der Waals surface area contributed by atoms with Crippen LogP contribution in [0.25, 0.3) is 6.08 Å². The molecule has 0 aromatic heterocycles. The lowest BCUT2D eigenvalue weighted by molar-refractivity contribution is -0.113. The fraction of sp³-hybridized carbons (Fsp3) is 0. The third kappa shape index (κ3) is 2.89. The first kappa shape index (κ1) is 14.3. The monoisotopic (exact) mass is 407 g/mol. The number of thioether (sulfide) groups is 1. The number of benzene rings is 2. The van der Waals surface area contributed by atoms with Crippen molar-refractivity contribution < 1.29 is 9.59 Å². The lowest BCUT2D eigenvalue weighted by Crippen LogP contribution is -2.27. The van der Waals surface area contributed by atoms with Gasteiger partial charge in [0.15, 0.2) is 0 Å². The van der Waals surface area contributed by atoms with Gasteiger partial charge in [0.2, 0.25) is 0 Å². The molecule has 3 nitrogen and oxygen atoms in total. The fourth-order valence-electron chi connectivity index (χ4n) is 2.00. The van der Waals surface area contributed by atoms with Crippen LogP contribution in [0.5, 0.6) is 0 Å². The van der Waals surface area contributed by atoms with E-state index >= 15 is 0 Å². The fourth-order valence-corrected chi connectivity index (χ4v) is 3.38. The summed E-state index contributed by atoms with van der Waals surface area (Å²) in [5, 5.41) is -0.261. The standard InChI is InChI=1S/C16H10INO2S/c17-13-9-5-4-6-11(13)10-14-15(19)18(16(20)21-14)12-7-2-1-3-8-12/h1-10H/b14-10-. The number of rotatable bonds is 2. The number of para-hydroxylation sites is 1. The highest BCUT2D eigenvalue weighted by molar-refractivity contribution is 14.1. The zero-order chi connectivity index (χ0) is 14.8. The zero-order valence-electron chi connectivity index (χ0n) is 10.8. The Labute approximate surface area is 140 Å². The smallest absolute Gasteiger partial charge is 0.268 e. The Morgan fingerprint density at radius 1 is 0.952 bits per heavy atom. The van der Waals surface area contributed by atoms with Crippen LogP contribution in [0.4, 0.5) is 10.5 Å². The third-order valence-corrected chi connectivity index (χ3v) is 4.85. The number of anilines is 1. The number of imide groups is 1. The van der Waals surface area contributed by atoms with E-state index in [1.54, 1.807) is 18.2 Å². The van der Waals surface area contributed by atoms with Crippen LogP contribution in [-0.4, -0.2) is 11.1 Å². The molecule has 104 valence electrons. The summed E-state index contributed by atoms with van der Waals surface area (Å²) >= 11 is 3.19. The van der Waals surface area contributed by atoms with E-state index in [1.807, 2.05) is 42.5 Å². The highest BCUT2D eigenvalue weighted by Crippen LogP contribution is 2.35. The Morgan fingerprint density at radius 3 is 2.33 bits per heavy atom. The van der Waals surface area contributed by atoms with Gasteiger partial charge in [-0.3, -0.25) is 9.59 Å². The molecule has 0 saturated carbocycles. The van der Waals surface area contributed by atoms with Gasteiger partial charge in [-0.2, -0.15) is 0 Å². The van der Waals surface area contributed by atoms with Gasteiger partial charge in [0.05, 0.1) is 10.6 Å². The predicted molar refractivity (Wildman–Crippen MR) is 94.1 cm³/mol. The van der Waals surface area contributed by atoms with Gasteiger partial charge in [0.1, 0.15) is 0 Å². The molecule has 2 amide bonds. The van der Waals surface area contributed by atoms with E-state index in [0.717, 1.165) is 20.9 Å². The van der Waals surface area contributed by atoms with Gasteiger partial charge in [-0.05, 0) is 64.2 Å². The SMILES string of the molecule is O=C1S/C(=C\c2ccccc2I)C(=O)N1c1ccccc1. The van der Waals surface area contributed by atoms with Crippen molar-refractivity contribution in [3.63, 3.8) is 0 Å². The van der Waals surface area contributed by atoms with Crippen molar-refractivity contribution in [3.8, 4) is 0 Å². The zero-order valence-corrected chi connectivity index (χ0v) is 13.8. The van der Waals surface area contributed by atoms with Crippen LogP contribution in [0, 0.1) is 3.57 Å². The minimum Gasteiger partial charge on any atom is -0.268 e. The molecule has 1 aliphatic heterocycles. The number of amides is 2. The van der Waals surface area contributed by atoms with Gasteiger partial charge in [0.25, 0.3) is 11.1 Å². The molecule has 0 atom stereocenters. The van der Waals surface area contributed by atoms with E-state index in [-0.39, 0.29) is 11.1 Å². The van der Waals surface area contributed by atoms with Crippen molar-refractivity contribution in [2.24, 2.45) is 0 Å². The van der Waals surface area contributed by atoms with Crippen molar-refractivity contribution in [1.82, 2.24) is 0 Å². The van der Waals surface area contributed by atoms with Crippen LogP contribution in [0.15, 0.2) is 59.5 Å². The Bertz CT molecular complexity index is 743. The van der Waals surface area contributed by atoms with Gasteiger partial charge in [-0.1, -0.05) is 36.4 Å². The molecule has 0 bridgehead atoms. The van der Waals surface area contributed by atoms with Crippen LogP contribution in [0.1, 0.15) is 5.56 Å². The molecular weight excluding hydrogens is 397 g/mol. The number of carbonyl (C=O) groups is 2. The molecule has 1 heterocycles. The summed E-state index contributed by atoms with van der Waals surface area (Å²) in [7, 11) is 0. The molecule has 0 unspecified atom stereocenters. The van der Waals surface area contributed by atoms with E-state index < -0.39 is 0 Å². The van der Waals surface area contributed by atoms with Crippen LogP contribution in [-0.2, 0) is 4.79 Å². The van der Waals surface area contributed by atoms with E-state index in [4.69, 9.17) is 0 Å². The molecule has 1 saturated heterocycles. The minimum absolute atomic E-state index is 0.261. The van der Waals surface area contributed by atoms with E-state index in [2.05, 4.69) is 22.6 Å². The lowest BCUT2D eigenvalue weighted by atomic mass is 10.2. The molecule has 1 aliphatic rings. The first-order valence-corrected chi connectivity index (χ1v) is 8.14. The maximum absolute atomic E-state index is 12.4. The molecule has 0 radical (unpaired) electrons. The van der Waals surface area contributed by atoms with Gasteiger partial charge >= 0.3 is 0 Å². The third-order valence-electron chi connectivity index (χ3n) is 3.00. The average molecular weight is 407 g/mol. The average Bonchev–Trinajstić information content (AvgIpc) is 2.77. The van der Waals surface area contributed by atoms with Crippen molar-refractivity contribution in [3.05, 3.63) is 68.6 Å². The molecule has 2 aromatic rings. The summed E-state index contributed by atoms with van der Waals surface area (Å²) in [4.78, 5) is 26.2. The number of halogens is 1. The van der Waals surface area contributed by atoms with Crippen LogP contribution in [0.2, 0.25) is 0 Å². The summed E-state index contributed by atoms with van der Waals surface area (Å²) in [6.45, 7) is 0. The maximum atomic E-state index is 12.4. The minimum atomic E-state index is -0.268. The maximum Gasteiger partial charge on any atom is 0.298 e. The Morgan fingerprint density at radius 2 is 1.62 bits per heavy atom. The topological polar surface area (TPSA) is 37.4 Å². The summed E-state index contributed by atoms with van der Waals surface area (Å²) in [5.41, 5.74) is 1.54. The molecule has 3 rings (SSSR count). The van der Waals surface area contributed by atoms with Crippen LogP contribution < -0.4 is 4.90 Å². The van der Waals surface area contributed by atoms with Crippen LogP contribution >= 0.6 is 34.4 Å². The van der Waals surface area contributed by atoms with Crippen LogP contribution in [0.3, 0.4) is 0 Å². The van der Waals surface area contributed by atoms with E-state index in [1.165, 1.54) is 4.90 Å². The summed E-state index contributed by atoms with van der Waals surface area (Å²) in [6.07, 6.45) is 1.77. The Balaban J connectivity index is 1.96. The lowest BCUT2D eigenvalue weighted by Gasteiger charge is -2.11. The summed E-state index contributed by atoms with van der Waals surface area (Å²) < 4.78 is 1.04. The van der Waals surface area contributed by atoms with Crippen molar-refractivity contribution in [2.75, 3.05) is 4.90 Å². The summed E-state index contributed by atoms with van der Waals surface area (Å²) in [6, 6.07) is 16.7. The largest absolute Gasteiger partial charge is 0.298 e. The van der Waals surface area contributed by atoms with Gasteiger partial charge in [-0.15, -0.1) is 0 Å². The number of hydrogen-bond donors (Lipinski definition) is 0. The molecule has 21 heavy (non-hydrogen) atoms. The molecule has 2 aromatic carbocycles. The second-order valence-electron chi connectivity index (χ2n) is 4.37. The van der Waals surface area contributed by atoms with Gasteiger partial charge < -0.3 is 0 Å². The van der Waals surface area contributed by atoms with Crippen molar-refractivity contribution in [1.29, 1.82) is 0 Å². The highest BCUT2D eigenvalue weighted by Gasteiger charge is 2.36. The Kier molecular flexibility index (Phi) is 4.12. The second kappa shape index (κ2) is 6.03. The molecule has 5 heteroatoms. The number of nitrogens with zero attached hydrogens (tertiary/aromatic N) is 1. The first-order chi connectivity index (χ1) is 10.2. The number of carbonyl (C=O) groups excluding carboxylic acids is 2. The van der Waals surface area contributed by atoms with Gasteiger partial charge in [0, 0.05) is 3.57 Å². The first-order valence-electron chi connectivity index (χ1n) is 6.24. The second-order valence-corrected chi connectivity index (χ2v) is 6.53. The quantitative estimate of drug-likeness (QED) is 0.542. The highest BCUT2D eigenvalue weighted by atomic mass is 127. The molecule has 1 fully saturated rings. The van der Waals surface area contributed by atoms with Crippen molar-refractivity contribution >= 4 is 57.3 Å². The molecular formula is C16H10INO2S. The molecule has 0 aliphatic carbocycles. The molecule has 0 spiro atoms. The van der Waals surface area contributed by atoms with E-state index in [0.29, 0.717) is 10.6 Å².